The molecule has 1 N–H and O–H groups in total. The maximum atomic E-state index is 12.6. The largest absolute Gasteiger partial charge is 0.270 e. The fourth-order valence-electron chi connectivity index (χ4n) is 3.03. The quantitative estimate of drug-likeness (QED) is 0.657. The molecule has 1 atom stereocenters. The summed E-state index contributed by atoms with van der Waals surface area (Å²) in [5, 5.41) is 15.1. The molecular weight excluding hydrogens is 332 g/mol. The molecule has 1 unspecified atom stereocenters. The molecule has 0 fully saturated rings. The molecule has 3 rings (SSSR count). The van der Waals surface area contributed by atoms with Crippen LogP contribution in [0.25, 0.3) is 0 Å². The van der Waals surface area contributed by atoms with Gasteiger partial charge in [0.15, 0.2) is 0 Å². The fourth-order valence-corrected chi connectivity index (χ4v) is 4.32. The summed E-state index contributed by atoms with van der Waals surface area (Å²) in [6.07, 6.45) is 4.12. The number of sulfonamides is 1. The Morgan fingerprint density at radius 2 is 2.25 bits per heavy atom. The van der Waals surface area contributed by atoms with Crippen molar-refractivity contribution < 1.29 is 13.3 Å². The number of hydrogen-bond donors (Lipinski definition) is 1. The summed E-state index contributed by atoms with van der Waals surface area (Å²) in [7, 11) is -3.85. The number of aromatic nitrogens is 2. The summed E-state index contributed by atoms with van der Waals surface area (Å²) in [6.45, 7) is 2.73. The van der Waals surface area contributed by atoms with E-state index in [-0.39, 0.29) is 16.6 Å². The van der Waals surface area contributed by atoms with Gasteiger partial charge in [-0.25, -0.2) is 13.1 Å². The average molecular weight is 350 g/mol. The van der Waals surface area contributed by atoms with Crippen LogP contribution in [0.3, 0.4) is 0 Å². The van der Waals surface area contributed by atoms with Gasteiger partial charge >= 0.3 is 0 Å². The van der Waals surface area contributed by atoms with Crippen LogP contribution < -0.4 is 4.72 Å². The zero-order valence-electron chi connectivity index (χ0n) is 13.2. The van der Waals surface area contributed by atoms with Gasteiger partial charge in [-0.1, -0.05) is 6.07 Å². The lowest BCUT2D eigenvalue weighted by Crippen LogP contribution is -2.31. The molecule has 1 heterocycles. The minimum Gasteiger partial charge on any atom is -0.270 e. The van der Waals surface area contributed by atoms with Gasteiger partial charge in [0.2, 0.25) is 10.0 Å². The standard InChI is InChI=1S/C15H18N4O4S/c1-2-18-15-8-4-7-14(13(15)10-16-18)17-24(22,23)12-6-3-5-11(9-12)19(20)21/h3,5-6,9-10,14,17H,2,4,7-8H2,1H3. The molecular formula is C15H18N4O4S. The third-order valence-electron chi connectivity index (χ3n) is 4.20. The van der Waals surface area contributed by atoms with E-state index in [1.165, 1.54) is 18.2 Å². The molecule has 0 aliphatic heterocycles. The molecule has 128 valence electrons. The number of non-ortho nitro benzene ring substituents is 1. The number of rotatable bonds is 5. The Bertz CT molecular complexity index is 875. The van der Waals surface area contributed by atoms with Gasteiger partial charge in [0.25, 0.3) is 5.69 Å². The molecule has 0 radical (unpaired) electrons. The summed E-state index contributed by atoms with van der Waals surface area (Å²) in [4.78, 5) is 10.1. The van der Waals surface area contributed by atoms with Crippen LogP contribution in [0.5, 0.6) is 0 Å². The zero-order chi connectivity index (χ0) is 17.3. The van der Waals surface area contributed by atoms with E-state index in [9.17, 15) is 18.5 Å². The monoisotopic (exact) mass is 350 g/mol. The molecule has 2 aromatic rings. The molecule has 9 heteroatoms. The Hall–Kier alpha value is -2.26. The van der Waals surface area contributed by atoms with E-state index in [0.717, 1.165) is 36.7 Å². The van der Waals surface area contributed by atoms with Crippen molar-refractivity contribution in [2.75, 3.05) is 0 Å². The van der Waals surface area contributed by atoms with Gasteiger partial charge < -0.3 is 0 Å². The van der Waals surface area contributed by atoms with Crippen molar-refractivity contribution in [3.63, 3.8) is 0 Å². The lowest BCUT2D eigenvalue weighted by atomic mass is 9.94. The third-order valence-corrected chi connectivity index (χ3v) is 5.67. The lowest BCUT2D eigenvalue weighted by molar-refractivity contribution is -0.385. The van der Waals surface area contributed by atoms with Crippen molar-refractivity contribution in [2.24, 2.45) is 0 Å². The Labute approximate surface area is 139 Å². The van der Waals surface area contributed by atoms with Crippen LogP contribution in [0.1, 0.15) is 37.1 Å². The van der Waals surface area contributed by atoms with E-state index in [2.05, 4.69) is 9.82 Å². The van der Waals surface area contributed by atoms with Gasteiger partial charge in [-0.15, -0.1) is 0 Å². The topological polar surface area (TPSA) is 107 Å². The molecule has 0 saturated carbocycles. The molecule has 8 nitrogen and oxygen atoms in total. The van der Waals surface area contributed by atoms with E-state index in [1.54, 1.807) is 6.20 Å². The van der Waals surface area contributed by atoms with Crippen LogP contribution in [0.15, 0.2) is 35.4 Å². The second-order valence-electron chi connectivity index (χ2n) is 5.68. The van der Waals surface area contributed by atoms with Crippen molar-refractivity contribution >= 4 is 15.7 Å². The number of benzene rings is 1. The number of nitrogens with one attached hydrogen (secondary N) is 1. The number of nitro groups is 1. The molecule has 1 aliphatic rings. The molecule has 24 heavy (non-hydrogen) atoms. The minimum absolute atomic E-state index is 0.105. The predicted octanol–water partition coefficient (Wildman–Crippen LogP) is 2.17. The summed E-state index contributed by atoms with van der Waals surface area (Å²) in [5.74, 6) is 0. The predicted molar refractivity (Wildman–Crippen MR) is 87.0 cm³/mol. The lowest BCUT2D eigenvalue weighted by Gasteiger charge is -2.24. The van der Waals surface area contributed by atoms with Gasteiger partial charge in [0.1, 0.15) is 0 Å². The first-order valence-corrected chi connectivity index (χ1v) is 9.22. The second kappa shape index (κ2) is 6.33. The van der Waals surface area contributed by atoms with Crippen molar-refractivity contribution in [3.05, 3.63) is 51.8 Å². The zero-order valence-corrected chi connectivity index (χ0v) is 14.0. The summed E-state index contributed by atoms with van der Waals surface area (Å²) < 4.78 is 29.7. The van der Waals surface area contributed by atoms with Crippen molar-refractivity contribution in [2.45, 2.75) is 43.7 Å². The van der Waals surface area contributed by atoms with Crippen LogP contribution >= 0.6 is 0 Å². The van der Waals surface area contributed by atoms with Crippen LogP contribution in [0, 0.1) is 10.1 Å². The minimum atomic E-state index is -3.85. The fraction of sp³-hybridized carbons (Fsp3) is 0.400. The van der Waals surface area contributed by atoms with Crippen LogP contribution in [0.2, 0.25) is 0 Å². The van der Waals surface area contributed by atoms with E-state index >= 15 is 0 Å². The number of nitrogens with zero attached hydrogens (tertiary/aromatic N) is 3. The third kappa shape index (κ3) is 3.04. The summed E-state index contributed by atoms with van der Waals surface area (Å²) >= 11 is 0. The van der Waals surface area contributed by atoms with Gasteiger partial charge in [-0.2, -0.15) is 5.10 Å². The van der Waals surface area contributed by atoms with Gasteiger partial charge in [-0.3, -0.25) is 14.8 Å². The SMILES string of the molecule is CCn1ncc2c1CCCC2NS(=O)(=O)c1cccc([N+](=O)[O-])c1. The molecule has 0 spiro atoms. The molecule has 0 saturated heterocycles. The Kier molecular flexibility index (Phi) is 4.37. The van der Waals surface area contributed by atoms with Crippen LogP contribution in [-0.2, 0) is 23.0 Å². The maximum absolute atomic E-state index is 12.6. The summed E-state index contributed by atoms with van der Waals surface area (Å²) in [5.41, 5.74) is 1.69. The van der Waals surface area contributed by atoms with Crippen molar-refractivity contribution in [3.8, 4) is 0 Å². The highest BCUT2D eigenvalue weighted by Gasteiger charge is 2.28. The molecule has 1 aliphatic carbocycles. The van der Waals surface area contributed by atoms with Gasteiger partial charge in [-0.05, 0) is 32.3 Å². The van der Waals surface area contributed by atoms with Crippen LogP contribution in [-0.4, -0.2) is 23.1 Å². The first-order valence-electron chi connectivity index (χ1n) is 7.73. The van der Waals surface area contributed by atoms with Gasteiger partial charge in [0.05, 0.1) is 22.1 Å². The number of hydrogen-bond acceptors (Lipinski definition) is 5. The molecule has 1 aromatic heterocycles. The smallest absolute Gasteiger partial charge is 0.270 e. The van der Waals surface area contributed by atoms with Crippen molar-refractivity contribution in [1.29, 1.82) is 0 Å². The normalized spacial score (nSPS) is 17.5. The maximum Gasteiger partial charge on any atom is 0.270 e. The first kappa shape index (κ1) is 16.6. The van der Waals surface area contributed by atoms with Crippen LogP contribution in [0.4, 0.5) is 5.69 Å². The van der Waals surface area contributed by atoms with Gasteiger partial charge in [0, 0.05) is 29.9 Å². The number of aryl methyl sites for hydroxylation is 1. The molecule has 1 aromatic carbocycles. The first-order chi connectivity index (χ1) is 11.4. The Balaban J connectivity index is 1.90. The highest BCUT2D eigenvalue weighted by Crippen LogP contribution is 2.31. The van der Waals surface area contributed by atoms with E-state index in [1.807, 2.05) is 11.6 Å². The van der Waals surface area contributed by atoms with Crippen molar-refractivity contribution in [1.82, 2.24) is 14.5 Å². The Morgan fingerprint density at radius 3 is 2.96 bits per heavy atom. The highest BCUT2D eigenvalue weighted by atomic mass is 32.2. The number of nitro benzene ring substituents is 1. The average Bonchev–Trinajstić information content (AvgIpc) is 2.99. The molecule has 0 amide bonds. The van der Waals surface area contributed by atoms with E-state index in [0.29, 0.717) is 6.42 Å². The number of fused-ring (bicyclic) bond motifs is 1. The van der Waals surface area contributed by atoms with E-state index < -0.39 is 14.9 Å². The molecule has 0 bridgehead atoms. The second-order valence-corrected chi connectivity index (χ2v) is 7.40. The van der Waals surface area contributed by atoms with E-state index in [4.69, 9.17) is 0 Å². The summed E-state index contributed by atoms with van der Waals surface area (Å²) in [6, 6.07) is 4.70. The highest BCUT2D eigenvalue weighted by molar-refractivity contribution is 7.89. The Morgan fingerprint density at radius 1 is 1.46 bits per heavy atom.